The molecule has 8 nitrogen and oxygen atoms in total. The molecule has 2 N–H and O–H groups in total. The average molecular weight is 318 g/mol. The lowest BCUT2D eigenvalue weighted by Crippen LogP contribution is -2.55. The Balaban J connectivity index is 1.88. The van der Waals surface area contributed by atoms with Gasteiger partial charge in [0.15, 0.2) is 11.2 Å². The molecule has 1 unspecified atom stereocenters. The molecule has 0 spiro atoms. The predicted octanol–water partition coefficient (Wildman–Crippen LogP) is 0.986. The molecular formula is C15H18N4O4. The minimum Gasteiger partial charge on any atom is -0.479 e. The molecule has 1 saturated heterocycles. The summed E-state index contributed by atoms with van der Waals surface area (Å²) in [4.78, 5) is 28.1. The standard InChI is InChI=1S/C15H18N4O4/c1-9(2)19-12-10(7-17-19)5-11(6-16-12)13(20)18-15(14(21)22)3-4-23-8-15/h5-7,9H,3-4,8H2,1-2H3,(H,18,20)(H,21,22). The molecule has 1 fully saturated rings. The van der Waals surface area contributed by atoms with Crippen LogP contribution >= 0.6 is 0 Å². The van der Waals surface area contributed by atoms with Crippen molar-refractivity contribution in [2.24, 2.45) is 0 Å². The number of pyridine rings is 1. The van der Waals surface area contributed by atoms with Crippen LogP contribution in [0.3, 0.4) is 0 Å². The molecular weight excluding hydrogens is 300 g/mol. The second kappa shape index (κ2) is 5.62. The van der Waals surface area contributed by atoms with Crippen LogP contribution in [0.15, 0.2) is 18.5 Å². The maximum atomic E-state index is 12.4. The van der Waals surface area contributed by atoms with Gasteiger partial charge in [-0.05, 0) is 19.9 Å². The van der Waals surface area contributed by atoms with E-state index in [4.69, 9.17) is 4.74 Å². The van der Waals surface area contributed by atoms with Gasteiger partial charge in [0.25, 0.3) is 5.91 Å². The van der Waals surface area contributed by atoms with Gasteiger partial charge < -0.3 is 15.2 Å². The Morgan fingerprint density at radius 1 is 1.43 bits per heavy atom. The second-order valence-corrected chi connectivity index (χ2v) is 5.96. The minimum absolute atomic E-state index is 0.0327. The van der Waals surface area contributed by atoms with Gasteiger partial charge in [-0.15, -0.1) is 0 Å². The lowest BCUT2D eigenvalue weighted by Gasteiger charge is -2.23. The zero-order valence-electron chi connectivity index (χ0n) is 12.9. The van der Waals surface area contributed by atoms with Gasteiger partial charge in [0.2, 0.25) is 0 Å². The lowest BCUT2D eigenvalue weighted by molar-refractivity contribution is -0.144. The fourth-order valence-electron chi connectivity index (χ4n) is 2.62. The molecule has 8 heteroatoms. The number of ether oxygens (including phenoxy) is 1. The molecule has 0 aliphatic carbocycles. The molecule has 3 heterocycles. The number of hydrogen-bond donors (Lipinski definition) is 2. The average Bonchev–Trinajstić information content (AvgIpc) is 3.13. The van der Waals surface area contributed by atoms with Gasteiger partial charge in [0, 0.05) is 30.7 Å². The second-order valence-electron chi connectivity index (χ2n) is 5.96. The largest absolute Gasteiger partial charge is 0.479 e. The van der Waals surface area contributed by atoms with Crippen LogP contribution < -0.4 is 5.32 Å². The smallest absolute Gasteiger partial charge is 0.331 e. The molecule has 0 radical (unpaired) electrons. The van der Waals surface area contributed by atoms with Gasteiger partial charge >= 0.3 is 5.97 Å². The van der Waals surface area contributed by atoms with E-state index in [1.54, 1.807) is 16.9 Å². The fourth-order valence-corrected chi connectivity index (χ4v) is 2.62. The number of carbonyl (C=O) groups is 2. The van der Waals surface area contributed by atoms with E-state index < -0.39 is 17.4 Å². The zero-order valence-corrected chi connectivity index (χ0v) is 12.9. The van der Waals surface area contributed by atoms with Crippen LogP contribution in [-0.4, -0.2) is 50.5 Å². The molecule has 0 aromatic carbocycles. The number of aliphatic carboxylic acids is 1. The maximum Gasteiger partial charge on any atom is 0.331 e. The van der Waals surface area contributed by atoms with Crippen molar-refractivity contribution in [1.82, 2.24) is 20.1 Å². The summed E-state index contributed by atoms with van der Waals surface area (Å²) >= 11 is 0. The van der Waals surface area contributed by atoms with Crippen LogP contribution in [0, 0.1) is 0 Å². The van der Waals surface area contributed by atoms with Crippen molar-refractivity contribution in [3.63, 3.8) is 0 Å². The van der Waals surface area contributed by atoms with Crippen LogP contribution in [0.1, 0.15) is 36.7 Å². The summed E-state index contributed by atoms with van der Waals surface area (Å²) in [6, 6.07) is 1.82. The van der Waals surface area contributed by atoms with Crippen molar-refractivity contribution < 1.29 is 19.4 Å². The Hall–Kier alpha value is -2.48. The molecule has 2 aromatic rings. The number of aromatic nitrogens is 3. The number of carbonyl (C=O) groups excluding carboxylic acids is 1. The van der Waals surface area contributed by atoms with Crippen LogP contribution in [0.4, 0.5) is 0 Å². The Bertz CT molecular complexity index is 762. The van der Waals surface area contributed by atoms with Gasteiger partial charge in [0.05, 0.1) is 18.4 Å². The van der Waals surface area contributed by atoms with E-state index in [0.717, 1.165) is 5.39 Å². The first-order chi connectivity index (χ1) is 10.9. The number of amides is 1. The summed E-state index contributed by atoms with van der Waals surface area (Å²) < 4.78 is 6.90. The third kappa shape index (κ3) is 2.65. The van der Waals surface area contributed by atoms with Crippen molar-refractivity contribution in [2.75, 3.05) is 13.2 Å². The number of carboxylic acid groups (broad SMARTS) is 1. The number of fused-ring (bicyclic) bond motifs is 1. The van der Waals surface area contributed by atoms with Crippen LogP contribution in [0.5, 0.6) is 0 Å². The lowest BCUT2D eigenvalue weighted by atomic mass is 9.98. The van der Waals surface area contributed by atoms with Crippen LogP contribution in [0.25, 0.3) is 11.0 Å². The highest BCUT2D eigenvalue weighted by Crippen LogP contribution is 2.21. The Morgan fingerprint density at radius 3 is 2.83 bits per heavy atom. The van der Waals surface area contributed by atoms with Gasteiger partial charge in [-0.2, -0.15) is 5.10 Å². The van der Waals surface area contributed by atoms with Gasteiger partial charge in [0.1, 0.15) is 0 Å². The molecule has 1 aliphatic heterocycles. The van der Waals surface area contributed by atoms with E-state index in [0.29, 0.717) is 17.8 Å². The Morgan fingerprint density at radius 2 is 2.22 bits per heavy atom. The van der Waals surface area contributed by atoms with Crippen LogP contribution in [0.2, 0.25) is 0 Å². The molecule has 0 bridgehead atoms. The number of nitrogens with zero attached hydrogens (tertiary/aromatic N) is 3. The van der Waals surface area contributed by atoms with Gasteiger partial charge in [-0.3, -0.25) is 4.79 Å². The number of rotatable bonds is 4. The maximum absolute atomic E-state index is 12.4. The summed E-state index contributed by atoms with van der Waals surface area (Å²) in [5.74, 6) is -1.57. The third-order valence-electron chi connectivity index (χ3n) is 3.97. The van der Waals surface area contributed by atoms with E-state index >= 15 is 0 Å². The zero-order chi connectivity index (χ0) is 16.6. The SMILES string of the molecule is CC(C)n1ncc2cc(C(=O)NC3(C(=O)O)CCOC3)cnc21. The topological polar surface area (TPSA) is 106 Å². The third-order valence-corrected chi connectivity index (χ3v) is 3.97. The molecule has 23 heavy (non-hydrogen) atoms. The van der Waals surface area contributed by atoms with Crippen LogP contribution in [-0.2, 0) is 9.53 Å². The van der Waals surface area contributed by atoms with Crippen molar-refractivity contribution in [3.05, 3.63) is 24.0 Å². The normalized spacial score (nSPS) is 21.0. The summed E-state index contributed by atoms with van der Waals surface area (Å²) in [5.41, 5.74) is -0.379. The monoisotopic (exact) mass is 318 g/mol. The Labute approximate surface area is 132 Å². The summed E-state index contributed by atoms with van der Waals surface area (Å²) in [7, 11) is 0. The van der Waals surface area contributed by atoms with Crippen molar-refractivity contribution in [1.29, 1.82) is 0 Å². The van der Waals surface area contributed by atoms with Gasteiger partial charge in [-0.1, -0.05) is 0 Å². The first-order valence-corrected chi connectivity index (χ1v) is 7.40. The fraction of sp³-hybridized carbons (Fsp3) is 0.467. The highest BCUT2D eigenvalue weighted by atomic mass is 16.5. The number of carboxylic acids is 1. The number of nitrogens with one attached hydrogen (secondary N) is 1. The van der Waals surface area contributed by atoms with E-state index in [1.807, 2.05) is 13.8 Å². The first-order valence-electron chi connectivity index (χ1n) is 7.40. The molecule has 1 amide bonds. The van der Waals surface area contributed by atoms with E-state index in [-0.39, 0.29) is 19.1 Å². The Kier molecular flexibility index (Phi) is 3.77. The van der Waals surface area contributed by atoms with E-state index in [9.17, 15) is 14.7 Å². The molecule has 0 saturated carbocycles. The molecule has 122 valence electrons. The summed E-state index contributed by atoms with van der Waals surface area (Å²) in [6.45, 7) is 4.26. The highest BCUT2D eigenvalue weighted by Gasteiger charge is 2.44. The quantitative estimate of drug-likeness (QED) is 0.870. The van der Waals surface area contributed by atoms with E-state index in [1.165, 1.54) is 6.20 Å². The minimum atomic E-state index is -1.37. The van der Waals surface area contributed by atoms with E-state index in [2.05, 4.69) is 15.4 Å². The molecule has 1 atom stereocenters. The summed E-state index contributed by atoms with van der Waals surface area (Å²) in [5, 5.41) is 16.9. The molecule has 1 aliphatic rings. The van der Waals surface area contributed by atoms with Crippen molar-refractivity contribution >= 4 is 22.9 Å². The van der Waals surface area contributed by atoms with Crippen molar-refractivity contribution in [2.45, 2.75) is 31.8 Å². The molecule has 3 rings (SSSR count). The summed E-state index contributed by atoms with van der Waals surface area (Å²) in [6.07, 6.45) is 3.32. The first kappa shape index (κ1) is 15.4. The molecule has 2 aromatic heterocycles. The van der Waals surface area contributed by atoms with Crippen molar-refractivity contribution in [3.8, 4) is 0 Å². The predicted molar refractivity (Wildman–Crippen MR) is 81.2 cm³/mol. The highest BCUT2D eigenvalue weighted by molar-refractivity contribution is 5.99. The van der Waals surface area contributed by atoms with Gasteiger partial charge in [-0.25, -0.2) is 14.5 Å². The number of hydrogen-bond acceptors (Lipinski definition) is 5.